The number of hydrogen-bond acceptors (Lipinski definition) is 10. The van der Waals surface area contributed by atoms with Crippen LogP contribution in [0.3, 0.4) is 0 Å². The topological polar surface area (TPSA) is 135 Å². The van der Waals surface area contributed by atoms with Crippen LogP contribution < -0.4 is 4.74 Å². The van der Waals surface area contributed by atoms with E-state index in [1.165, 1.54) is 17.2 Å². The summed E-state index contributed by atoms with van der Waals surface area (Å²) in [6.07, 6.45) is -1.11. The molecule has 36 heavy (non-hydrogen) atoms. The van der Waals surface area contributed by atoms with Gasteiger partial charge in [0.15, 0.2) is 6.80 Å². The molecule has 5 aromatic rings. The van der Waals surface area contributed by atoms with E-state index in [0.29, 0.717) is 24.1 Å². The summed E-state index contributed by atoms with van der Waals surface area (Å²) in [5.41, 5.74) is 0.644. The van der Waals surface area contributed by atoms with Crippen LogP contribution in [0, 0.1) is 0 Å². The Hall–Kier alpha value is -4.76. The maximum Gasteiger partial charge on any atom is 0.417 e. The first kappa shape index (κ1) is 23.0. The van der Waals surface area contributed by atoms with Crippen LogP contribution >= 0.6 is 0 Å². The molecule has 5 rings (SSSR count). The van der Waals surface area contributed by atoms with Crippen molar-refractivity contribution in [1.82, 2.24) is 50.1 Å². The third kappa shape index (κ3) is 4.86. The van der Waals surface area contributed by atoms with Crippen LogP contribution in [-0.4, -0.2) is 50.1 Å². The monoisotopic (exact) mass is 502 g/mol. The van der Waals surface area contributed by atoms with Gasteiger partial charge >= 0.3 is 6.18 Å². The smallest absolute Gasteiger partial charge is 0.417 e. The number of ether oxygens (including phenoxy) is 1. The number of tetrazole rings is 1. The number of nitrogens with zero attached hydrogens (tertiary/aromatic N) is 10. The number of rotatable bonds is 8. The summed E-state index contributed by atoms with van der Waals surface area (Å²) >= 11 is 0. The second kappa shape index (κ2) is 9.47. The fraction of sp³-hybridized carbons (Fsp3) is 0.200. The van der Waals surface area contributed by atoms with Crippen molar-refractivity contribution in [3.05, 3.63) is 66.0 Å². The van der Waals surface area contributed by atoms with E-state index in [9.17, 15) is 17.6 Å². The van der Waals surface area contributed by atoms with E-state index in [2.05, 4.69) is 40.7 Å². The molecule has 5 heterocycles. The van der Waals surface area contributed by atoms with Crippen molar-refractivity contribution in [2.75, 3.05) is 0 Å². The molecular formula is C20H14F4N10O2. The van der Waals surface area contributed by atoms with Crippen molar-refractivity contribution in [1.29, 1.82) is 0 Å². The van der Waals surface area contributed by atoms with Crippen molar-refractivity contribution < 1.29 is 26.8 Å². The van der Waals surface area contributed by atoms with Gasteiger partial charge in [0, 0.05) is 12.3 Å². The third-order valence-corrected chi connectivity index (χ3v) is 4.89. The van der Waals surface area contributed by atoms with Crippen LogP contribution in [0.15, 0.2) is 53.6 Å². The van der Waals surface area contributed by atoms with Gasteiger partial charge in [-0.15, -0.1) is 5.10 Å². The average molecular weight is 502 g/mol. The molecule has 0 aliphatic heterocycles. The predicted octanol–water partition coefficient (Wildman–Crippen LogP) is 2.95. The molecule has 0 unspecified atom stereocenters. The fourth-order valence-corrected chi connectivity index (χ4v) is 3.17. The van der Waals surface area contributed by atoms with E-state index in [1.54, 1.807) is 18.2 Å². The number of pyridine rings is 2. The summed E-state index contributed by atoms with van der Waals surface area (Å²) < 4.78 is 65.0. The van der Waals surface area contributed by atoms with E-state index in [1.807, 2.05) is 0 Å². The van der Waals surface area contributed by atoms with Crippen LogP contribution in [0.5, 0.6) is 5.88 Å². The molecule has 0 fully saturated rings. The minimum Gasteiger partial charge on any atom is -0.471 e. The molecular weight excluding hydrogens is 488 g/mol. The van der Waals surface area contributed by atoms with Gasteiger partial charge in [-0.05, 0) is 28.6 Å². The number of aromatic nitrogens is 10. The summed E-state index contributed by atoms with van der Waals surface area (Å²) in [7, 11) is 0. The lowest BCUT2D eigenvalue weighted by molar-refractivity contribution is -0.137. The van der Waals surface area contributed by atoms with Gasteiger partial charge < -0.3 is 9.26 Å². The maximum absolute atomic E-state index is 13.5. The zero-order valence-corrected chi connectivity index (χ0v) is 18.0. The van der Waals surface area contributed by atoms with Gasteiger partial charge in [-0.25, -0.2) is 23.7 Å². The summed E-state index contributed by atoms with van der Waals surface area (Å²) in [5, 5.41) is 18.8. The van der Waals surface area contributed by atoms with Crippen molar-refractivity contribution in [3.63, 3.8) is 0 Å². The Bertz CT molecular complexity index is 1450. The fourth-order valence-electron chi connectivity index (χ4n) is 3.17. The normalized spacial score (nSPS) is 11.7. The molecule has 184 valence electrons. The Kier molecular flexibility index (Phi) is 6.05. The first-order valence-electron chi connectivity index (χ1n) is 10.2. The predicted molar refractivity (Wildman–Crippen MR) is 110 cm³/mol. The highest BCUT2D eigenvalue weighted by Crippen LogP contribution is 2.30. The summed E-state index contributed by atoms with van der Waals surface area (Å²) in [6, 6.07) is 7.12. The van der Waals surface area contributed by atoms with Gasteiger partial charge in [0.25, 0.3) is 5.89 Å². The van der Waals surface area contributed by atoms with Crippen LogP contribution in [0.2, 0.25) is 0 Å². The van der Waals surface area contributed by atoms with Crippen molar-refractivity contribution in [3.8, 4) is 28.9 Å². The molecule has 16 heteroatoms. The largest absolute Gasteiger partial charge is 0.471 e. The van der Waals surface area contributed by atoms with E-state index < -0.39 is 18.5 Å². The summed E-state index contributed by atoms with van der Waals surface area (Å²) in [6.45, 7) is -0.926. The van der Waals surface area contributed by atoms with E-state index in [-0.39, 0.29) is 35.5 Å². The molecule has 12 nitrogen and oxygen atoms in total. The Morgan fingerprint density at radius 2 is 1.94 bits per heavy atom. The molecule has 0 atom stereocenters. The summed E-state index contributed by atoms with van der Waals surface area (Å²) in [4.78, 5) is 12.4. The molecule has 0 radical (unpaired) electrons. The second-order valence-corrected chi connectivity index (χ2v) is 7.24. The van der Waals surface area contributed by atoms with Crippen molar-refractivity contribution in [2.45, 2.75) is 26.1 Å². The second-order valence-electron chi connectivity index (χ2n) is 7.24. The maximum atomic E-state index is 13.5. The van der Waals surface area contributed by atoms with Gasteiger partial charge in [-0.3, -0.25) is 0 Å². The highest BCUT2D eigenvalue weighted by Gasteiger charge is 2.30. The van der Waals surface area contributed by atoms with Crippen molar-refractivity contribution in [2.24, 2.45) is 0 Å². The van der Waals surface area contributed by atoms with Crippen LogP contribution in [0.4, 0.5) is 17.6 Å². The van der Waals surface area contributed by atoms with E-state index >= 15 is 0 Å². The Morgan fingerprint density at radius 1 is 1.06 bits per heavy atom. The zero-order valence-electron chi connectivity index (χ0n) is 18.0. The molecule has 0 bridgehead atoms. The van der Waals surface area contributed by atoms with Gasteiger partial charge in [-0.1, -0.05) is 11.2 Å². The molecule has 0 amide bonds. The van der Waals surface area contributed by atoms with Crippen molar-refractivity contribution >= 4 is 0 Å². The number of alkyl halides is 4. The van der Waals surface area contributed by atoms with Gasteiger partial charge in [0.2, 0.25) is 11.7 Å². The Balaban J connectivity index is 1.35. The standard InChI is InChI=1S/C20H14F4N10O2/c21-10-34-16(9-35-17-5-4-12(6-25-17)20(22,23)24)14(7-27-34)19-29-18(30-36-19)15-3-1-2-13(28-15)8-33-11-26-31-32-33/h1-7,11H,8-10H2. The number of halogens is 4. The molecule has 0 aliphatic rings. The molecule has 5 aromatic heterocycles. The molecule has 0 aromatic carbocycles. The lowest BCUT2D eigenvalue weighted by atomic mass is 10.2. The molecule has 0 saturated carbocycles. The van der Waals surface area contributed by atoms with Gasteiger partial charge in [-0.2, -0.15) is 23.3 Å². The first-order chi connectivity index (χ1) is 17.4. The Morgan fingerprint density at radius 3 is 2.67 bits per heavy atom. The van der Waals surface area contributed by atoms with E-state index in [0.717, 1.165) is 16.8 Å². The third-order valence-electron chi connectivity index (χ3n) is 4.89. The van der Waals surface area contributed by atoms with Gasteiger partial charge in [0.1, 0.15) is 18.6 Å². The highest BCUT2D eigenvalue weighted by molar-refractivity contribution is 5.59. The summed E-state index contributed by atoms with van der Waals surface area (Å²) in [5.74, 6) is 0.111. The Labute approximate surface area is 198 Å². The lowest BCUT2D eigenvalue weighted by Crippen LogP contribution is -2.08. The average Bonchev–Trinajstić information content (AvgIpc) is 3.63. The SMILES string of the molecule is FCn1ncc(-c2nc(-c3cccc(Cn4cnnn4)n3)no2)c1COc1ccc(C(F)(F)F)cn1. The minimum absolute atomic E-state index is 0.0244. The van der Waals surface area contributed by atoms with Gasteiger partial charge in [0.05, 0.1) is 35.3 Å². The van der Waals surface area contributed by atoms with Crippen LogP contribution in [0.25, 0.3) is 23.0 Å². The molecule has 0 aliphatic carbocycles. The molecule has 0 spiro atoms. The first-order valence-corrected chi connectivity index (χ1v) is 10.2. The van der Waals surface area contributed by atoms with Crippen LogP contribution in [-0.2, 0) is 26.1 Å². The molecule has 0 saturated heterocycles. The van der Waals surface area contributed by atoms with Crippen LogP contribution in [0.1, 0.15) is 17.0 Å². The quantitative estimate of drug-likeness (QED) is 0.291. The highest BCUT2D eigenvalue weighted by atomic mass is 19.4. The molecule has 0 N–H and O–H groups in total. The zero-order chi connectivity index (χ0) is 25.1. The number of hydrogen-bond donors (Lipinski definition) is 0. The van der Waals surface area contributed by atoms with E-state index in [4.69, 9.17) is 9.26 Å². The minimum atomic E-state index is -4.52. The lowest BCUT2D eigenvalue weighted by Gasteiger charge is -2.09.